The molecular weight excluding hydrogens is 200 g/mol. The molecule has 1 aliphatic rings. The average molecular weight is 216 g/mol. The SMILES string of the molecule is CN1CCC(NC(N)=O)(C(N)=S)CC1. The van der Waals surface area contributed by atoms with Crippen LogP contribution in [0.25, 0.3) is 0 Å². The van der Waals surface area contributed by atoms with Crippen molar-refractivity contribution in [1.29, 1.82) is 0 Å². The Bertz CT molecular complexity index is 248. The van der Waals surface area contributed by atoms with Crippen molar-refractivity contribution in [3.8, 4) is 0 Å². The highest BCUT2D eigenvalue weighted by Gasteiger charge is 2.37. The number of carbonyl (C=O) groups is 1. The Morgan fingerprint density at radius 3 is 2.29 bits per heavy atom. The number of rotatable bonds is 2. The first-order valence-electron chi connectivity index (χ1n) is 4.52. The summed E-state index contributed by atoms with van der Waals surface area (Å²) in [6, 6.07) is -0.567. The number of carbonyl (C=O) groups excluding carboxylic acids is 1. The highest BCUT2D eigenvalue weighted by atomic mass is 32.1. The van der Waals surface area contributed by atoms with Gasteiger partial charge in [0, 0.05) is 13.1 Å². The van der Waals surface area contributed by atoms with E-state index in [4.69, 9.17) is 23.7 Å². The number of likely N-dealkylation sites (tertiary alicyclic amines) is 1. The molecule has 0 saturated carbocycles. The lowest BCUT2D eigenvalue weighted by atomic mass is 9.87. The number of hydrogen-bond donors (Lipinski definition) is 3. The first-order chi connectivity index (χ1) is 6.46. The van der Waals surface area contributed by atoms with E-state index in [1.165, 1.54) is 0 Å². The fourth-order valence-corrected chi connectivity index (χ4v) is 1.92. The van der Waals surface area contributed by atoms with Gasteiger partial charge in [0.05, 0.1) is 10.5 Å². The van der Waals surface area contributed by atoms with Crippen LogP contribution in [0.5, 0.6) is 0 Å². The van der Waals surface area contributed by atoms with Gasteiger partial charge in [0.1, 0.15) is 0 Å². The largest absolute Gasteiger partial charge is 0.391 e. The lowest BCUT2D eigenvalue weighted by Crippen LogP contribution is -2.62. The standard InChI is InChI=1S/C8H16N4OS/c1-12-4-2-8(3-5-12,6(9)14)11-7(10)13/h2-5H2,1H3,(H2,9,14)(H3,10,11,13). The summed E-state index contributed by atoms with van der Waals surface area (Å²) in [5.41, 5.74) is 10.2. The molecule has 14 heavy (non-hydrogen) atoms. The number of nitrogens with one attached hydrogen (secondary N) is 1. The minimum Gasteiger partial charge on any atom is -0.391 e. The molecule has 5 nitrogen and oxygen atoms in total. The third kappa shape index (κ3) is 2.33. The maximum absolute atomic E-state index is 10.8. The smallest absolute Gasteiger partial charge is 0.312 e. The van der Waals surface area contributed by atoms with E-state index in [1.807, 2.05) is 7.05 Å². The Balaban J connectivity index is 2.73. The van der Waals surface area contributed by atoms with E-state index < -0.39 is 11.6 Å². The summed E-state index contributed by atoms with van der Waals surface area (Å²) in [5.74, 6) is 0. The van der Waals surface area contributed by atoms with Gasteiger partial charge in [-0.05, 0) is 19.9 Å². The van der Waals surface area contributed by atoms with Crippen molar-refractivity contribution in [2.45, 2.75) is 18.4 Å². The van der Waals surface area contributed by atoms with Crippen molar-refractivity contribution < 1.29 is 4.79 Å². The molecule has 1 heterocycles. The van der Waals surface area contributed by atoms with Crippen LogP contribution >= 0.6 is 12.2 Å². The molecule has 1 saturated heterocycles. The van der Waals surface area contributed by atoms with E-state index >= 15 is 0 Å². The molecule has 0 spiro atoms. The van der Waals surface area contributed by atoms with Gasteiger partial charge in [-0.15, -0.1) is 0 Å². The van der Waals surface area contributed by atoms with Crippen LogP contribution in [0.1, 0.15) is 12.8 Å². The molecule has 0 aromatic heterocycles. The minimum atomic E-state index is -0.576. The molecule has 80 valence electrons. The summed E-state index contributed by atoms with van der Waals surface area (Å²) in [5, 5.41) is 2.66. The van der Waals surface area contributed by atoms with Crippen LogP contribution in [0.2, 0.25) is 0 Å². The van der Waals surface area contributed by atoms with Gasteiger partial charge >= 0.3 is 6.03 Å². The molecule has 0 unspecified atom stereocenters. The van der Waals surface area contributed by atoms with Crippen molar-refractivity contribution in [2.75, 3.05) is 20.1 Å². The van der Waals surface area contributed by atoms with Crippen LogP contribution < -0.4 is 16.8 Å². The number of primary amides is 1. The first-order valence-corrected chi connectivity index (χ1v) is 4.93. The number of amides is 2. The van der Waals surface area contributed by atoms with Crippen LogP contribution in [0.3, 0.4) is 0 Å². The van der Waals surface area contributed by atoms with Gasteiger partial charge in [-0.2, -0.15) is 0 Å². The van der Waals surface area contributed by atoms with Gasteiger partial charge in [-0.3, -0.25) is 0 Å². The summed E-state index contributed by atoms with van der Waals surface area (Å²) >= 11 is 4.97. The molecule has 0 aromatic rings. The fraction of sp³-hybridized carbons (Fsp3) is 0.750. The number of hydrogen-bond acceptors (Lipinski definition) is 3. The van der Waals surface area contributed by atoms with E-state index in [0.717, 1.165) is 25.9 Å². The van der Waals surface area contributed by atoms with Crippen molar-refractivity contribution >= 4 is 23.2 Å². The number of piperidine rings is 1. The highest BCUT2D eigenvalue weighted by molar-refractivity contribution is 7.80. The van der Waals surface area contributed by atoms with Gasteiger partial charge in [0.2, 0.25) is 0 Å². The molecule has 6 heteroatoms. The molecule has 1 rings (SSSR count). The Morgan fingerprint density at radius 2 is 1.93 bits per heavy atom. The quantitative estimate of drug-likeness (QED) is 0.538. The Labute approximate surface area is 88.8 Å². The molecule has 1 aliphatic heterocycles. The van der Waals surface area contributed by atoms with Crippen LogP contribution in [0, 0.1) is 0 Å². The third-order valence-electron chi connectivity index (χ3n) is 2.67. The zero-order valence-corrected chi connectivity index (χ0v) is 9.06. The van der Waals surface area contributed by atoms with Gasteiger partial charge in [0.25, 0.3) is 0 Å². The van der Waals surface area contributed by atoms with Crippen molar-refractivity contribution in [3.05, 3.63) is 0 Å². The number of urea groups is 1. The molecule has 0 aromatic carbocycles. The maximum Gasteiger partial charge on any atom is 0.312 e. The Kier molecular flexibility index (Phi) is 3.28. The number of thiocarbonyl (C=S) groups is 1. The lowest BCUT2D eigenvalue weighted by molar-refractivity contribution is 0.198. The van der Waals surface area contributed by atoms with Crippen LogP contribution in [0.4, 0.5) is 4.79 Å². The monoisotopic (exact) mass is 216 g/mol. The zero-order chi connectivity index (χ0) is 10.8. The van der Waals surface area contributed by atoms with Crippen LogP contribution in [-0.2, 0) is 0 Å². The second-order valence-electron chi connectivity index (χ2n) is 3.74. The van der Waals surface area contributed by atoms with E-state index in [-0.39, 0.29) is 0 Å². The highest BCUT2D eigenvalue weighted by Crippen LogP contribution is 2.21. The Hall–Kier alpha value is -0.880. The second kappa shape index (κ2) is 4.10. The molecular formula is C8H16N4OS. The average Bonchev–Trinajstić information content (AvgIpc) is 2.08. The van der Waals surface area contributed by atoms with E-state index in [2.05, 4.69) is 10.2 Å². The number of nitrogens with two attached hydrogens (primary N) is 2. The zero-order valence-electron chi connectivity index (χ0n) is 8.25. The molecule has 2 amide bonds. The Morgan fingerprint density at radius 1 is 1.43 bits per heavy atom. The van der Waals surface area contributed by atoms with E-state index in [0.29, 0.717) is 4.99 Å². The summed E-state index contributed by atoms with van der Waals surface area (Å²) in [6.45, 7) is 1.72. The minimum absolute atomic E-state index is 0.324. The summed E-state index contributed by atoms with van der Waals surface area (Å²) in [4.78, 5) is 13.3. The molecule has 5 N–H and O–H groups in total. The summed E-state index contributed by atoms with van der Waals surface area (Å²) in [6.07, 6.45) is 1.45. The van der Waals surface area contributed by atoms with Crippen molar-refractivity contribution in [3.63, 3.8) is 0 Å². The summed E-state index contributed by atoms with van der Waals surface area (Å²) < 4.78 is 0. The second-order valence-corrected chi connectivity index (χ2v) is 4.18. The van der Waals surface area contributed by atoms with Crippen LogP contribution in [0.15, 0.2) is 0 Å². The maximum atomic E-state index is 10.8. The molecule has 0 radical (unpaired) electrons. The van der Waals surface area contributed by atoms with E-state index in [1.54, 1.807) is 0 Å². The first kappa shape index (κ1) is 11.2. The fourth-order valence-electron chi connectivity index (χ4n) is 1.67. The molecule has 1 fully saturated rings. The third-order valence-corrected chi connectivity index (χ3v) is 3.07. The molecule has 0 bridgehead atoms. The summed E-state index contributed by atoms with van der Waals surface area (Å²) in [7, 11) is 2.02. The molecule has 0 atom stereocenters. The van der Waals surface area contributed by atoms with Gasteiger partial charge in [-0.1, -0.05) is 12.2 Å². The number of nitrogens with zero attached hydrogens (tertiary/aromatic N) is 1. The van der Waals surface area contributed by atoms with E-state index in [9.17, 15) is 4.79 Å². The predicted molar refractivity (Wildman–Crippen MR) is 59.0 cm³/mol. The normalized spacial score (nSPS) is 21.5. The van der Waals surface area contributed by atoms with Crippen molar-refractivity contribution in [2.24, 2.45) is 11.5 Å². The predicted octanol–water partition coefficient (Wildman–Crippen LogP) is -0.595. The van der Waals surface area contributed by atoms with Gasteiger partial charge < -0.3 is 21.7 Å². The van der Waals surface area contributed by atoms with Crippen molar-refractivity contribution in [1.82, 2.24) is 10.2 Å². The molecule has 0 aliphatic carbocycles. The lowest BCUT2D eigenvalue weighted by Gasteiger charge is -2.39. The van der Waals surface area contributed by atoms with Gasteiger partial charge in [0.15, 0.2) is 0 Å². The topological polar surface area (TPSA) is 84.4 Å². The van der Waals surface area contributed by atoms with Crippen LogP contribution in [-0.4, -0.2) is 41.6 Å². The van der Waals surface area contributed by atoms with Gasteiger partial charge in [-0.25, -0.2) is 4.79 Å².